The lowest BCUT2D eigenvalue weighted by molar-refractivity contribution is -0.105. The molecule has 4 heteroatoms. The number of hydrogen-bond acceptors (Lipinski definition) is 3. The van der Waals surface area contributed by atoms with Gasteiger partial charge in [0.2, 0.25) is 0 Å². The zero-order valence-corrected chi connectivity index (χ0v) is 22.6. The van der Waals surface area contributed by atoms with E-state index in [-0.39, 0.29) is 12.4 Å². The van der Waals surface area contributed by atoms with Gasteiger partial charge in [-0.05, 0) is 61.6 Å². The highest BCUT2D eigenvalue weighted by atomic mass is 16.7. The minimum Gasteiger partial charge on any atom is -0.480 e. The Kier molecular flexibility index (Phi) is 10.3. The number of benzene rings is 3. The van der Waals surface area contributed by atoms with Crippen molar-refractivity contribution < 1.29 is 14.2 Å². The predicted octanol–water partition coefficient (Wildman–Crippen LogP) is 7.81. The van der Waals surface area contributed by atoms with Gasteiger partial charge in [0.1, 0.15) is 25.4 Å². The third-order valence-corrected chi connectivity index (χ3v) is 6.25. The molecule has 0 spiro atoms. The summed E-state index contributed by atoms with van der Waals surface area (Å²) in [4.78, 5) is 0. The average molecular weight is 482 g/mol. The highest BCUT2D eigenvalue weighted by Crippen LogP contribution is 2.47. The molecule has 3 nitrogen and oxygen atoms in total. The van der Waals surface area contributed by atoms with Crippen molar-refractivity contribution in [1.82, 2.24) is 0 Å². The van der Waals surface area contributed by atoms with Crippen LogP contribution in [-0.4, -0.2) is 20.7 Å². The first-order valence-electron chi connectivity index (χ1n) is 13.3. The molecule has 3 aromatic rings. The van der Waals surface area contributed by atoms with Crippen molar-refractivity contribution in [3.63, 3.8) is 0 Å². The second kappa shape index (κ2) is 13.4. The molecule has 0 bridgehead atoms. The quantitative estimate of drug-likeness (QED) is 0.355. The van der Waals surface area contributed by atoms with E-state index in [1.165, 1.54) is 5.56 Å². The van der Waals surface area contributed by atoms with Crippen molar-refractivity contribution >= 4 is 24.5 Å². The van der Waals surface area contributed by atoms with Crippen LogP contribution >= 0.6 is 0 Å². The van der Waals surface area contributed by atoms with Crippen LogP contribution in [-0.2, 0) is 4.74 Å². The Morgan fingerprint density at radius 1 is 0.861 bits per heavy atom. The lowest BCUT2D eigenvalue weighted by Crippen LogP contribution is -2.25. The summed E-state index contributed by atoms with van der Waals surface area (Å²) in [7, 11) is 6.14. The maximum Gasteiger partial charge on any atom is 0.199 e. The van der Waals surface area contributed by atoms with Gasteiger partial charge in [-0.25, -0.2) is 0 Å². The van der Waals surface area contributed by atoms with Crippen LogP contribution in [0.2, 0.25) is 0 Å². The second-order valence-electron chi connectivity index (χ2n) is 8.64. The van der Waals surface area contributed by atoms with Gasteiger partial charge in [0.05, 0.1) is 6.61 Å². The van der Waals surface area contributed by atoms with E-state index in [1.54, 1.807) is 0 Å². The van der Waals surface area contributed by atoms with Gasteiger partial charge >= 0.3 is 0 Å². The number of aryl methyl sites for hydroxylation is 1. The molecular weight excluding hydrogens is 443 g/mol. The molecule has 2 atom stereocenters. The fourth-order valence-corrected chi connectivity index (χ4v) is 4.51. The molecule has 3 aromatic carbocycles. The Hall–Kier alpha value is -2.98. The van der Waals surface area contributed by atoms with Crippen molar-refractivity contribution in [2.75, 3.05) is 6.61 Å². The highest BCUT2D eigenvalue weighted by molar-refractivity contribution is 6.32. The first kappa shape index (κ1) is 27.6. The molecule has 0 aliphatic carbocycles. The second-order valence-corrected chi connectivity index (χ2v) is 8.64. The molecule has 5 rings (SSSR count). The molecule has 0 saturated carbocycles. The first-order chi connectivity index (χ1) is 17.6. The Morgan fingerprint density at radius 3 is 2.28 bits per heavy atom. The van der Waals surface area contributed by atoms with Crippen LogP contribution in [0.25, 0.3) is 11.1 Å². The van der Waals surface area contributed by atoms with Crippen LogP contribution in [0.15, 0.2) is 66.7 Å². The number of hydrogen-bond donors (Lipinski definition) is 0. The molecule has 1 saturated heterocycles. The van der Waals surface area contributed by atoms with Crippen molar-refractivity contribution in [3.05, 3.63) is 89.0 Å². The largest absolute Gasteiger partial charge is 0.480 e. The maximum absolute atomic E-state index is 6.59. The Bertz CT molecular complexity index is 1140. The van der Waals surface area contributed by atoms with Crippen molar-refractivity contribution in [3.8, 4) is 11.5 Å². The molecular formula is C32H39BO3. The summed E-state index contributed by atoms with van der Waals surface area (Å²) < 4.78 is 18.5. The average Bonchev–Trinajstić information content (AvgIpc) is 2.92. The van der Waals surface area contributed by atoms with Crippen LogP contribution in [0, 0.1) is 6.92 Å². The molecule has 0 N–H and O–H groups in total. The lowest BCUT2D eigenvalue weighted by Gasteiger charge is -2.32. The maximum atomic E-state index is 6.59. The number of fused-ring (bicyclic) bond motifs is 1. The smallest absolute Gasteiger partial charge is 0.199 e. The number of allylic oxidation sites excluding steroid dienone is 1. The van der Waals surface area contributed by atoms with Gasteiger partial charge in [0, 0.05) is 17.6 Å². The molecule has 36 heavy (non-hydrogen) atoms. The van der Waals surface area contributed by atoms with E-state index >= 15 is 0 Å². The summed E-state index contributed by atoms with van der Waals surface area (Å²) in [6.07, 6.45) is 2.77. The first-order valence-corrected chi connectivity index (χ1v) is 13.3. The fourth-order valence-electron chi connectivity index (χ4n) is 4.51. The minimum atomic E-state index is -0.210. The third-order valence-electron chi connectivity index (χ3n) is 6.25. The predicted molar refractivity (Wildman–Crippen MR) is 152 cm³/mol. The zero-order valence-electron chi connectivity index (χ0n) is 22.6. The summed E-state index contributed by atoms with van der Waals surface area (Å²) in [6, 6.07) is 22.6. The van der Waals surface area contributed by atoms with Gasteiger partial charge in [-0.1, -0.05) is 87.3 Å². The van der Waals surface area contributed by atoms with Gasteiger partial charge in [0.25, 0.3) is 0 Å². The van der Waals surface area contributed by atoms with Gasteiger partial charge in [-0.2, -0.15) is 0 Å². The van der Waals surface area contributed by atoms with E-state index in [9.17, 15) is 0 Å². The molecule has 2 radical (unpaired) electrons. The minimum absolute atomic E-state index is 0.177. The molecule has 2 aliphatic rings. The van der Waals surface area contributed by atoms with E-state index in [4.69, 9.17) is 22.1 Å². The summed E-state index contributed by atoms with van der Waals surface area (Å²) in [5, 5.41) is 0. The summed E-state index contributed by atoms with van der Waals surface area (Å²) in [5.41, 5.74) is 7.48. The van der Waals surface area contributed by atoms with Gasteiger partial charge in [-0.15, -0.1) is 0 Å². The number of rotatable bonds is 4. The molecule has 0 aromatic heterocycles. The van der Waals surface area contributed by atoms with Gasteiger partial charge < -0.3 is 14.2 Å². The summed E-state index contributed by atoms with van der Waals surface area (Å²) in [5.74, 6) is 1.66. The van der Waals surface area contributed by atoms with Crippen LogP contribution in [0.3, 0.4) is 0 Å². The molecule has 0 amide bonds. The Balaban J connectivity index is 0.000000861. The van der Waals surface area contributed by atoms with Crippen LogP contribution in [0.1, 0.15) is 82.2 Å². The standard InChI is InChI=1S/C28H27BO3.2C2H6/c1-18-9-11-20(12-10-18)28-27(21-6-5-7-22(29)16-21)19(2)24-17-23(13-14-25(24)32-28)31-26-8-3-4-15-30-26;2*1-2/h5-7,9-14,16-17,26,28H,3-4,8,15H2,1-2H3;2*1-2H3. The molecule has 2 heterocycles. The third kappa shape index (κ3) is 6.42. The van der Waals surface area contributed by atoms with Crippen LogP contribution in [0.5, 0.6) is 11.5 Å². The molecule has 188 valence electrons. The van der Waals surface area contributed by atoms with Crippen molar-refractivity contribution in [1.29, 1.82) is 0 Å². The van der Waals surface area contributed by atoms with E-state index in [1.807, 2.05) is 58.0 Å². The van der Waals surface area contributed by atoms with E-state index in [0.717, 1.165) is 70.7 Å². The number of ether oxygens (including phenoxy) is 3. The SMILES string of the molecule is CC.CC.[B]c1cccc(C2=C(C)c3cc(OC4CCCCO4)ccc3OC2c2ccc(C)cc2)c1. The van der Waals surface area contributed by atoms with Crippen molar-refractivity contribution in [2.45, 2.75) is 73.2 Å². The Morgan fingerprint density at radius 2 is 1.61 bits per heavy atom. The molecule has 2 unspecified atom stereocenters. The summed E-state index contributed by atoms with van der Waals surface area (Å²) in [6.45, 7) is 13.0. The van der Waals surface area contributed by atoms with Crippen LogP contribution in [0.4, 0.5) is 0 Å². The molecule has 1 fully saturated rings. The van der Waals surface area contributed by atoms with E-state index in [2.05, 4.69) is 50.2 Å². The fraction of sp³-hybridized carbons (Fsp3) is 0.375. The van der Waals surface area contributed by atoms with E-state index in [0.29, 0.717) is 0 Å². The highest BCUT2D eigenvalue weighted by Gasteiger charge is 2.30. The van der Waals surface area contributed by atoms with E-state index < -0.39 is 0 Å². The normalized spacial score (nSPS) is 18.5. The zero-order chi connectivity index (χ0) is 26.1. The topological polar surface area (TPSA) is 27.7 Å². The van der Waals surface area contributed by atoms with Crippen LogP contribution < -0.4 is 14.9 Å². The molecule has 2 aliphatic heterocycles. The van der Waals surface area contributed by atoms with Gasteiger partial charge in [0.15, 0.2) is 6.29 Å². The van der Waals surface area contributed by atoms with Crippen molar-refractivity contribution in [2.24, 2.45) is 0 Å². The Labute approximate surface area is 218 Å². The lowest BCUT2D eigenvalue weighted by atomic mass is 9.83. The monoisotopic (exact) mass is 482 g/mol. The summed E-state index contributed by atoms with van der Waals surface area (Å²) >= 11 is 0. The van der Waals surface area contributed by atoms with Gasteiger partial charge in [-0.3, -0.25) is 0 Å².